The minimum absolute atomic E-state index is 0.0959. The van der Waals surface area contributed by atoms with Crippen LogP contribution in [-0.2, 0) is 16.1 Å². The molecule has 0 amide bonds. The molecule has 0 bridgehead atoms. The van der Waals surface area contributed by atoms with Gasteiger partial charge in [0, 0.05) is 11.1 Å². The maximum atomic E-state index is 8.84. The summed E-state index contributed by atoms with van der Waals surface area (Å²) in [5.74, 6) is 0. The van der Waals surface area contributed by atoms with E-state index in [1.165, 1.54) is 0 Å². The number of hydrogen-bond donors (Lipinski definition) is 0. The molecule has 0 aliphatic carbocycles. The second-order valence-electron chi connectivity index (χ2n) is 4.03. The number of nitrogens with zero attached hydrogens (tertiary/aromatic N) is 1. The lowest BCUT2D eigenvalue weighted by molar-refractivity contribution is -0.169. The summed E-state index contributed by atoms with van der Waals surface area (Å²) in [6, 6.07) is 7.62. The number of ether oxygens (including phenoxy) is 2. The van der Waals surface area contributed by atoms with Gasteiger partial charge >= 0.3 is 0 Å². The summed E-state index contributed by atoms with van der Waals surface area (Å²) in [4.78, 5) is 0. The summed E-state index contributed by atoms with van der Waals surface area (Å²) in [6.45, 7) is 1.25. The van der Waals surface area contributed by atoms with E-state index < -0.39 is 0 Å². The van der Waals surface area contributed by atoms with Crippen molar-refractivity contribution in [2.24, 2.45) is 0 Å². The smallest absolute Gasteiger partial charge is 0.158 e. The van der Waals surface area contributed by atoms with E-state index >= 15 is 0 Å². The van der Waals surface area contributed by atoms with Gasteiger partial charge in [-0.15, -0.1) is 0 Å². The summed E-state index contributed by atoms with van der Waals surface area (Å²) >= 11 is 3.45. The molecule has 17 heavy (non-hydrogen) atoms. The Labute approximate surface area is 109 Å². The number of hydrogen-bond acceptors (Lipinski definition) is 3. The van der Waals surface area contributed by atoms with Crippen LogP contribution in [0.4, 0.5) is 0 Å². The first kappa shape index (κ1) is 12.6. The monoisotopic (exact) mass is 295 g/mol. The van der Waals surface area contributed by atoms with Crippen LogP contribution in [-0.4, -0.2) is 12.9 Å². The van der Waals surface area contributed by atoms with Crippen LogP contribution < -0.4 is 0 Å². The van der Waals surface area contributed by atoms with Gasteiger partial charge in [0.05, 0.1) is 18.2 Å². The molecular weight excluding hydrogens is 282 g/mol. The molecule has 1 aliphatic rings. The fourth-order valence-corrected chi connectivity index (χ4v) is 2.14. The van der Waals surface area contributed by atoms with Crippen molar-refractivity contribution < 1.29 is 9.47 Å². The SMILES string of the molecule is N#Cc1ccc(Br)c(COC2CCCCO2)c1. The van der Waals surface area contributed by atoms with Crippen LogP contribution in [0, 0.1) is 11.3 Å². The molecule has 0 radical (unpaired) electrons. The third-order valence-corrected chi connectivity index (χ3v) is 3.51. The van der Waals surface area contributed by atoms with Crippen molar-refractivity contribution in [1.29, 1.82) is 5.26 Å². The lowest BCUT2D eigenvalue weighted by Gasteiger charge is -2.22. The highest BCUT2D eigenvalue weighted by Gasteiger charge is 2.14. The summed E-state index contributed by atoms with van der Waals surface area (Å²) < 4.78 is 12.1. The van der Waals surface area contributed by atoms with Gasteiger partial charge in [0.25, 0.3) is 0 Å². The number of nitriles is 1. The Bertz CT molecular complexity index is 422. The molecule has 1 atom stereocenters. The van der Waals surface area contributed by atoms with Crippen molar-refractivity contribution in [2.45, 2.75) is 32.2 Å². The molecule has 0 N–H and O–H groups in total. The molecule has 0 spiro atoms. The standard InChI is InChI=1S/C13H14BrNO2/c14-12-5-4-10(8-15)7-11(12)9-17-13-3-1-2-6-16-13/h4-5,7,13H,1-3,6,9H2. The number of rotatable bonds is 3. The quantitative estimate of drug-likeness (QED) is 0.859. The van der Waals surface area contributed by atoms with Gasteiger partial charge in [-0.1, -0.05) is 15.9 Å². The van der Waals surface area contributed by atoms with Crippen molar-refractivity contribution in [3.63, 3.8) is 0 Å². The third kappa shape index (κ3) is 3.53. The van der Waals surface area contributed by atoms with Crippen molar-refractivity contribution in [3.8, 4) is 6.07 Å². The fourth-order valence-electron chi connectivity index (χ4n) is 1.78. The highest BCUT2D eigenvalue weighted by atomic mass is 79.9. The van der Waals surface area contributed by atoms with Gasteiger partial charge in [-0.2, -0.15) is 5.26 Å². The summed E-state index contributed by atoms with van der Waals surface area (Å²) in [6.07, 6.45) is 3.13. The van der Waals surface area contributed by atoms with Crippen molar-refractivity contribution in [3.05, 3.63) is 33.8 Å². The molecule has 1 saturated heterocycles. The Hall–Kier alpha value is -0.890. The molecule has 1 aromatic rings. The second-order valence-corrected chi connectivity index (χ2v) is 4.88. The van der Waals surface area contributed by atoms with E-state index in [0.717, 1.165) is 35.9 Å². The average Bonchev–Trinajstić information content (AvgIpc) is 2.39. The van der Waals surface area contributed by atoms with Gasteiger partial charge in [-0.05, 0) is 43.0 Å². The molecule has 4 heteroatoms. The Balaban J connectivity index is 1.95. The molecule has 3 nitrogen and oxygen atoms in total. The molecule has 0 aromatic heterocycles. The summed E-state index contributed by atoms with van der Waals surface area (Å²) in [5, 5.41) is 8.84. The second kappa shape index (κ2) is 6.15. The predicted molar refractivity (Wildman–Crippen MR) is 67.2 cm³/mol. The first-order valence-electron chi connectivity index (χ1n) is 5.71. The van der Waals surface area contributed by atoms with Crippen LogP contribution in [0.25, 0.3) is 0 Å². The van der Waals surface area contributed by atoms with E-state index in [9.17, 15) is 0 Å². The molecule has 1 aromatic carbocycles. The van der Waals surface area contributed by atoms with Gasteiger partial charge in [0.15, 0.2) is 6.29 Å². The third-order valence-electron chi connectivity index (χ3n) is 2.74. The van der Waals surface area contributed by atoms with Crippen molar-refractivity contribution in [2.75, 3.05) is 6.61 Å². The Morgan fingerprint density at radius 2 is 2.35 bits per heavy atom. The summed E-state index contributed by atoms with van der Waals surface area (Å²) in [5.41, 5.74) is 1.63. The van der Waals surface area contributed by atoms with Gasteiger partial charge in [0.2, 0.25) is 0 Å². The average molecular weight is 296 g/mol. The highest BCUT2D eigenvalue weighted by Crippen LogP contribution is 2.21. The van der Waals surface area contributed by atoms with Crippen LogP contribution in [0.15, 0.2) is 22.7 Å². The minimum atomic E-state index is -0.0959. The Morgan fingerprint density at radius 1 is 1.47 bits per heavy atom. The number of benzene rings is 1. The maximum Gasteiger partial charge on any atom is 0.158 e. The molecule has 1 unspecified atom stereocenters. The molecular formula is C13H14BrNO2. The Morgan fingerprint density at radius 3 is 3.06 bits per heavy atom. The molecule has 90 valence electrons. The summed E-state index contributed by atoms with van der Waals surface area (Å²) in [7, 11) is 0. The maximum absolute atomic E-state index is 8.84. The van der Waals surface area contributed by atoms with Crippen molar-refractivity contribution >= 4 is 15.9 Å². The topological polar surface area (TPSA) is 42.2 Å². The largest absolute Gasteiger partial charge is 0.353 e. The van der Waals surface area contributed by atoms with E-state index in [1.54, 1.807) is 6.07 Å². The molecule has 1 heterocycles. The van der Waals surface area contributed by atoms with E-state index in [4.69, 9.17) is 14.7 Å². The first-order valence-corrected chi connectivity index (χ1v) is 6.50. The zero-order chi connectivity index (χ0) is 12.1. The highest BCUT2D eigenvalue weighted by molar-refractivity contribution is 9.10. The van der Waals surface area contributed by atoms with E-state index in [-0.39, 0.29) is 6.29 Å². The molecule has 1 fully saturated rings. The van der Waals surface area contributed by atoms with Crippen LogP contribution >= 0.6 is 15.9 Å². The van der Waals surface area contributed by atoms with Crippen LogP contribution in [0.5, 0.6) is 0 Å². The van der Waals surface area contributed by atoms with Crippen molar-refractivity contribution in [1.82, 2.24) is 0 Å². The van der Waals surface area contributed by atoms with Gasteiger partial charge < -0.3 is 9.47 Å². The molecule has 2 rings (SSSR count). The lowest BCUT2D eigenvalue weighted by Crippen LogP contribution is -2.22. The number of halogens is 1. The van der Waals surface area contributed by atoms with Gasteiger partial charge in [0.1, 0.15) is 0 Å². The normalized spacial score (nSPS) is 19.9. The zero-order valence-corrected chi connectivity index (χ0v) is 11.1. The fraction of sp³-hybridized carbons (Fsp3) is 0.462. The van der Waals surface area contributed by atoms with E-state index in [2.05, 4.69) is 22.0 Å². The van der Waals surface area contributed by atoms with E-state index in [1.807, 2.05) is 12.1 Å². The first-order chi connectivity index (χ1) is 8.29. The molecule has 1 aliphatic heterocycles. The van der Waals surface area contributed by atoms with Crippen LogP contribution in [0.3, 0.4) is 0 Å². The molecule has 0 saturated carbocycles. The van der Waals surface area contributed by atoms with Crippen LogP contribution in [0.2, 0.25) is 0 Å². The lowest BCUT2D eigenvalue weighted by atomic mass is 10.1. The van der Waals surface area contributed by atoms with Gasteiger partial charge in [-0.3, -0.25) is 0 Å². The van der Waals surface area contributed by atoms with Crippen LogP contribution in [0.1, 0.15) is 30.4 Å². The zero-order valence-electron chi connectivity index (χ0n) is 9.49. The Kier molecular flexibility index (Phi) is 4.55. The van der Waals surface area contributed by atoms with Gasteiger partial charge in [-0.25, -0.2) is 0 Å². The van der Waals surface area contributed by atoms with E-state index in [0.29, 0.717) is 12.2 Å². The predicted octanol–water partition coefficient (Wildman–Crippen LogP) is 3.36. The minimum Gasteiger partial charge on any atom is -0.353 e.